The smallest absolute Gasteiger partial charge is 0.0411 e. The Labute approximate surface area is 236 Å². The van der Waals surface area contributed by atoms with Crippen LogP contribution in [0.1, 0.15) is 96.9 Å². The lowest BCUT2D eigenvalue weighted by molar-refractivity contribution is 0.772. The highest BCUT2D eigenvalue weighted by Gasteiger charge is 1.98. The molecule has 0 amide bonds. The third-order valence-electron chi connectivity index (χ3n) is 4.62. The van der Waals surface area contributed by atoms with Crippen LogP contribution in [0.5, 0.6) is 0 Å². The van der Waals surface area contributed by atoms with Crippen LogP contribution in [-0.4, -0.2) is 0 Å². The minimum atomic E-state index is 0.826. The van der Waals surface area contributed by atoms with E-state index in [0.717, 1.165) is 17.0 Å². The van der Waals surface area contributed by atoms with Crippen LogP contribution < -0.4 is 0 Å². The van der Waals surface area contributed by atoms with E-state index < -0.39 is 0 Å². The summed E-state index contributed by atoms with van der Waals surface area (Å²) in [6.07, 6.45) is 12.3. The zero-order valence-electron chi connectivity index (χ0n) is 25.4. The van der Waals surface area contributed by atoms with E-state index in [1.807, 2.05) is 78.8 Å². The molecule has 1 heteroatoms. The second-order valence-corrected chi connectivity index (χ2v) is 8.28. The van der Waals surface area contributed by atoms with Crippen molar-refractivity contribution in [2.45, 2.75) is 94.9 Å². The van der Waals surface area contributed by atoms with Crippen molar-refractivity contribution >= 4 is 11.6 Å². The predicted octanol–water partition coefficient (Wildman–Crippen LogP) is 12.3. The van der Waals surface area contributed by atoms with E-state index in [2.05, 4.69) is 69.7 Å². The highest BCUT2D eigenvalue weighted by molar-refractivity contribution is 6.30. The van der Waals surface area contributed by atoms with Gasteiger partial charge in [-0.3, -0.25) is 0 Å². The fourth-order valence-corrected chi connectivity index (χ4v) is 3.34. The van der Waals surface area contributed by atoms with E-state index in [1.165, 1.54) is 47.1 Å². The van der Waals surface area contributed by atoms with Crippen molar-refractivity contribution in [2.75, 3.05) is 0 Å². The largest absolute Gasteiger partial charge is 0.115 e. The monoisotopic (exact) mass is 520 g/mol. The fraction of sp³-hybridized carbons (Fsp3) is 0.389. The molecule has 0 saturated heterocycles. The first-order valence-electron chi connectivity index (χ1n) is 13.8. The minimum absolute atomic E-state index is 0.826. The Morgan fingerprint density at radius 1 is 0.784 bits per heavy atom. The molecule has 0 atom stereocenters. The molecule has 0 aliphatic heterocycles. The normalized spacial score (nSPS) is 8.38. The van der Waals surface area contributed by atoms with Crippen LogP contribution >= 0.6 is 11.6 Å². The van der Waals surface area contributed by atoms with Gasteiger partial charge in [0, 0.05) is 10.6 Å². The summed E-state index contributed by atoms with van der Waals surface area (Å²) in [4.78, 5) is 0. The van der Waals surface area contributed by atoms with Crippen LogP contribution in [0.4, 0.5) is 0 Å². The molecule has 0 heterocycles. The number of aryl methyl sites for hydroxylation is 3. The van der Waals surface area contributed by atoms with Gasteiger partial charge in [0.15, 0.2) is 0 Å². The molecule has 0 aliphatic rings. The highest BCUT2D eigenvalue weighted by Crippen LogP contribution is 2.21. The Balaban J connectivity index is -0.000000466. The lowest BCUT2D eigenvalue weighted by Gasteiger charge is -2.03. The third kappa shape index (κ3) is 21.1. The molecule has 3 aromatic carbocycles. The average Bonchev–Trinajstić information content (AvgIpc) is 2.92. The van der Waals surface area contributed by atoms with Gasteiger partial charge in [0.05, 0.1) is 0 Å². The van der Waals surface area contributed by atoms with Gasteiger partial charge in [-0.15, -0.1) is 13.0 Å². The summed E-state index contributed by atoms with van der Waals surface area (Å²) < 4.78 is 0. The molecule has 0 bridgehead atoms. The van der Waals surface area contributed by atoms with Gasteiger partial charge in [-0.2, -0.15) is 0 Å². The molecule has 204 valence electrons. The van der Waals surface area contributed by atoms with Crippen molar-refractivity contribution in [3.63, 3.8) is 0 Å². The van der Waals surface area contributed by atoms with Crippen molar-refractivity contribution < 1.29 is 0 Å². The number of terminal acetylenes is 1. The zero-order chi connectivity index (χ0) is 29.1. The van der Waals surface area contributed by atoms with Crippen molar-refractivity contribution in [1.82, 2.24) is 0 Å². The first-order chi connectivity index (χ1) is 17.8. The van der Waals surface area contributed by atoms with Crippen LogP contribution in [0.3, 0.4) is 0 Å². The molecule has 0 unspecified atom stereocenters. The number of hydrogen-bond donors (Lipinski definition) is 0. The molecule has 0 N–H and O–H groups in total. The third-order valence-corrected chi connectivity index (χ3v) is 4.84. The number of benzene rings is 3. The standard InChI is InChI=1S/C16H14.C8H9Cl.C5H12.C3H6.2C2H6/c1-3-13-8-10-15(11-9-13)16-7-5-6-14(4-2)12-16;1-6-3-7(2)5-8(9)4-6;1-3-5-4-2;1-3-2;2*1-2/h2,5-12H,3H2,1H3;3-5H,1-2H3;3-5H2,1-2H3;3H,1H2,2H3;2*1-2H3. The first-order valence-corrected chi connectivity index (χ1v) is 14.2. The van der Waals surface area contributed by atoms with Gasteiger partial charge in [0.25, 0.3) is 0 Å². The molecule has 3 rings (SSSR count). The number of rotatable bonds is 4. The van der Waals surface area contributed by atoms with Crippen molar-refractivity contribution in [3.05, 3.63) is 107 Å². The Hall–Kier alpha value is -2.75. The Kier molecular flexibility index (Phi) is 29.2. The van der Waals surface area contributed by atoms with Gasteiger partial charge in [-0.25, -0.2) is 0 Å². The molecule has 0 radical (unpaired) electrons. The highest BCUT2D eigenvalue weighted by atomic mass is 35.5. The molecule has 0 aliphatic carbocycles. The Morgan fingerprint density at radius 3 is 1.62 bits per heavy atom. The summed E-state index contributed by atoms with van der Waals surface area (Å²) in [7, 11) is 0. The first kappa shape index (κ1) is 38.8. The molecule has 0 saturated carbocycles. The fourth-order valence-electron chi connectivity index (χ4n) is 2.99. The van der Waals surface area contributed by atoms with Crippen LogP contribution in [0.15, 0.2) is 79.4 Å². The molecule has 37 heavy (non-hydrogen) atoms. The van der Waals surface area contributed by atoms with Gasteiger partial charge in [-0.1, -0.05) is 134 Å². The summed E-state index contributed by atoms with van der Waals surface area (Å²) in [5.74, 6) is 2.66. The molecular weight excluding hydrogens is 468 g/mol. The topological polar surface area (TPSA) is 0 Å². The molecular formula is C36H53Cl. The minimum Gasteiger partial charge on any atom is -0.115 e. The van der Waals surface area contributed by atoms with Crippen LogP contribution in [0.2, 0.25) is 5.02 Å². The molecule has 3 aromatic rings. The molecule has 0 aromatic heterocycles. The lowest BCUT2D eigenvalue weighted by Crippen LogP contribution is -1.82. The van der Waals surface area contributed by atoms with E-state index in [0.29, 0.717) is 0 Å². The molecule has 0 nitrogen and oxygen atoms in total. The van der Waals surface area contributed by atoms with Gasteiger partial charge < -0.3 is 0 Å². The van der Waals surface area contributed by atoms with Crippen LogP contribution in [0.25, 0.3) is 11.1 Å². The van der Waals surface area contributed by atoms with Gasteiger partial charge in [0.2, 0.25) is 0 Å². The maximum atomic E-state index is 5.75. The number of halogens is 1. The second kappa shape index (κ2) is 27.8. The summed E-state index contributed by atoms with van der Waals surface area (Å²) in [5.41, 5.74) is 7.13. The number of unbranched alkanes of at least 4 members (excludes halogenated alkanes) is 2. The second-order valence-electron chi connectivity index (χ2n) is 7.84. The van der Waals surface area contributed by atoms with E-state index in [-0.39, 0.29) is 0 Å². The average molecular weight is 521 g/mol. The number of allylic oxidation sites excluding steroid dienone is 1. The van der Waals surface area contributed by atoms with Gasteiger partial charge in [-0.05, 0) is 79.3 Å². The quantitative estimate of drug-likeness (QED) is 0.237. The van der Waals surface area contributed by atoms with Crippen molar-refractivity contribution in [2.24, 2.45) is 0 Å². The van der Waals surface area contributed by atoms with Crippen molar-refractivity contribution in [3.8, 4) is 23.5 Å². The lowest BCUT2D eigenvalue weighted by atomic mass is 10.0. The Bertz CT molecular complexity index is 906. The van der Waals surface area contributed by atoms with Crippen LogP contribution in [-0.2, 0) is 6.42 Å². The van der Waals surface area contributed by atoms with Crippen molar-refractivity contribution in [1.29, 1.82) is 0 Å². The SMILES string of the molecule is C#Cc1cccc(-c2ccc(CC)cc2)c1.C=CC.CC.CC.CCCCC.Cc1cc(C)cc(Cl)c1. The Morgan fingerprint density at radius 2 is 1.27 bits per heavy atom. The maximum Gasteiger partial charge on any atom is 0.0411 e. The molecule has 0 fully saturated rings. The summed E-state index contributed by atoms with van der Waals surface area (Å²) >= 11 is 5.75. The van der Waals surface area contributed by atoms with E-state index >= 15 is 0 Å². The van der Waals surface area contributed by atoms with E-state index in [9.17, 15) is 0 Å². The van der Waals surface area contributed by atoms with Gasteiger partial charge >= 0.3 is 0 Å². The van der Waals surface area contributed by atoms with E-state index in [1.54, 1.807) is 6.08 Å². The number of hydrogen-bond acceptors (Lipinski definition) is 0. The summed E-state index contributed by atoms with van der Waals surface area (Å²) in [5, 5.41) is 0.826. The van der Waals surface area contributed by atoms with E-state index in [4.69, 9.17) is 18.0 Å². The van der Waals surface area contributed by atoms with Crippen LogP contribution in [0, 0.1) is 26.2 Å². The molecule has 0 spiro atoms. The summed E-state index contributed by atoms with van der Waals surface area (Å²) in [6.45, 7) is 23.9. The zero-order valence-corrected chi connectivity index (χ0v) is 26.2. The van der Waals surface area contributed by atoms with Gasteiger partial charge in [0.1, 0.15) is 0 Å². The summed E-state index contributed by atoms with van der Waals surface area (Å²) in [6, 6.07) is 22.7. The predicted molar refractivity (Wildman–Crippen MR) is 174 cm³/mol. The maximum absolute atomic E-state index is 5.75.